The molecule has 0 atom stereocenters. The number of unbranched alkanes of at least 4 members (excludes halogenated alkanes) is 1. The fraction of sp³-hybridized carbons (Fsp3) is 0.412. The van der Waals surface area contributed by atoms with Crippen molar-refractivity contribution in [3.8, 4) is 0 Å². The highest BCUT2D eigenvalue weighted by atomic mass is 79.9. The first-order valence-electron chi connectivity index (χ1n) is 7.83. The zero-order valence-electron chi connectivity index (χ0n) is 13.1. The number of benzene rings is 1. The molecule has 0 amide bonds. The van der Waals surface area contributed by atoms with E-state index in [-0.39, 0.29) is 12.4 Å². The number of hydrogen-bond acceptors (Lipinski definition) is 3. The molecule has 1 aromatic heterocycles. The molecule has 6 heteroatoms. The molecule has 23 heavy (non-hydrogen) atoms. The average Bonchev–Trinajstić information content (AvgIpc) is 3.06. The van der Waals surface area contributed by atoms with E-state index in [2.05, 4.69) is 61.5 Å². The Balaban J connectivity index is 0.00000192. The molecule has 4 nitrogen and oxygen atoms in total. The van der Waals surface area contributed by atoms with Crippen molar-refractivity contribution in [1.29, 1.82) is 0 Å². The summed E-state index contributed by atoms with van der Waals surface area (Å²) in [4.78, 5) is 2.53. The van der Waals surface area contributed by atoms with Gasteiger partial charge in [0.1, 0.15) is 0 Å². The molecular formula is C17H22BrClN4. The molecule has 2 heterocycles. The summed E-state index contributed by atoms with van der Waals surface area (Å²) in [5.74, 6) is 0. The molecule has 0 bridgehead atoms. The van der Waals surface area contributed by atoms with Gasteiger partial charge in [-0.15, -0.1) is 17.5 Å². The van der Waals surface area contributed by atoms with E-state index in [4.69, 9.17) is 0 Å². The molecular weight excluding hydrogens is 376 g/mol. The summed E-state index contributed by atoms with van der Waals surface area (Å²) >= 11 is 3.49. The summed E-state index contributed by atoms with van der Waals surface area (Å²) in [6, 6.07) is 8.63. The van der Waals surface area contributed by atoms with Gasteiger partial charge in [0.25, 0.3) is 0 Å². The molecule has 0 radical (unpaired) electrons. The van der Waals surface area contributed by atoms with E-state index in [1.54, 1.807) is 6.20 Å². The van der Waals surface area contributed by atoms with Gasteiger partial charge in [0.05, 0.1) is 6.20 Å². The first-order valence-corrected chi connectivity index (χ1v) is 8.62. The predicted octanol–water partition coefficient (Wildman–Crippen LogP) is 4.03. The summed E-state index contributed by atoms with van der Waals surface area (Å²) in [7, 11) is 0. The van der Waals surface area contributed by atoms with Gasteiger partial charge in [0.15, 0.2) is 0 Å². The fourth-order valence-corrected chi connectivity index (χ4v) is 3.07. The Kier molecular flexibility index (Phi) is 7.27. The Morgan fingerprint density at radius 3 is 2.52 bits per heavy atom. The Labute approximate surface area is 152 Å². The molecule has 124 valence electrons. The van der Waals surface area contributed by atoms with Gasteiger partial charge in [-0.1, -0.05) is 39.4 Å². The van der Waals surface area contributed by atoms with Crippen molar-refractivity contribution in [1.82, 2.24) is 19.9 Å². The van der Waals surface area contributed by atoms with Gasteiger partial charge in [-0.2, -0.15) is 0 Å². The SMILES string of the molecule is Brc1ccc(C2=CCN(CCCCn3ccnn3)CC2)cc1.Cl. The standard InChI is InChI=1S/C17H21BrN4.ClH/c18-17-5-3-15(4-6-17)16-7-12-21(13-8-16)10-1-2-11-22-14-9-19-20-22;/h3-7,9,14H,1-2,8,10-13H2;1H. The van der Waals surface area contributed by atoms with Crippen LogP contribution in [0.2, 0.25) is 0 Å². The Morgan fingerprint density at radius 2 is 1.87 bits per heavy atom. The molecule has 1 aliphatic rings. The Hall–Kier alpha value is -1.17. The van der Waals surface area contributed by atoms with Crippen LogP contribution in [0.3, 0.4) is 0 Å². The summed E-state index contributed by atoms with van der Waals surface area (Å²) in [6.45, 7) is 4.35. The maximum Gasteiger partial charge on any atom is 0.0692 e. The molecule has 0 aliphatic carbocycles. The highest BCUT2D eigenvalue weighted by Crippen LogP contribution is 2.23. The van der Waals surface area contributed by atoms with Crippen LogP contribution in [0.5, 0.6) is 0 Å². The molecule has 0 spiro atoms. The van der Waals surface area contributed by atoms with Crippen molar-refractivity contribution in [3.05, 3.63) is 52.8 Å². The summed E-state index contributed by atoms with van der Waals surface area (Å²) in [5, 5.41) is 7.82. The van der Waals surface area contributed by atoms with E-state index in [0.717, 1.165) is 36.9 Å². The monoisotopic (exact) mass is 396 g/mol. The van der Waals surface area contributed by atoms with Crippen LogP contribution in [0.15, 0.2) is 47.2 Å². The van der Waals surface area contributed by atoms with Gasteiger partial charge < -0.3 is 0 Å². The predicted molar refractivity (Wildman–Crippen MR) is 99.7 cm³/mol. The zero-order chi connectivity index (χ0) is 15.2. The third kappa shape index (κ3) is 5.44. The van der Waals surface area contributed by atoms with E-state index >= 15 is 0 Å². The van der Waals surface area contributed by atoms with Crippen LogP contribution in [0.1, 0.15) is 24.8 Å². The van der Waals surface area contributed by atoms with Gasteiger partial charge in [0, 0.05) is 30.3 Å². The fourth-order valence-electron chi connectivity index (χ4n) is 2.80. The normalized spacial score (nSPS) is 15.1. The van der Waals surface area contributed by atoms with Crippen molar-refractivity contribution in [3.63, 3.8) is 0 Å². The van der Waals surface area contributed by atoms with Crippen LogP contribution in [0.4, 0.5) is 0 Å². The second-order valence-electron chi connectivity index (χ2n) is 5.66. The van der Waals surface area contributed by atoms with E-state index in [1.807, 2.05) is 10.9 Å². The van der Waals surface area contributed by atoms with Gasteiger partial charge in [-0.05, 0) is 49.1 Å². The maximum absolute atomic E-state index is 3.99. The van der Waals surface area contributed by atoms with Gasteiger partial charge in [0.2, 0.25) is 0 Å². The average molecular weight is 398 g/mol. The summed E-state index contributed by atoms with van der Waals surface area (Å²) in [5.41, 5.74) is 2.83. The van der Waals surface area contributed by atoms with Crippen LogP contribution in [0.25, 0.3) is 5.57 Å². The zero-order valence-corrected chi connectivity index (χ0v) is 15.5. The topological polar surface area (TPSA) is 34.0 Å². The minimum atomic E-state index is 0. The molecule has 2 aromatic rings. The van der Waals surface area contributed by atoms with Crippen LogP contribution in [-0.4, -0.2) is 39.5 Å². The maximum atomic E-state index is 3.99. The van der Waals surface area contributed by atoms with Crippen molar-refractivity contribution < 1.29 is 0 Å². The molecule has 3 rings (SSSR count). The highest BCUT2D eigenvalue weighted by molar-refractivity contribution is 9.10. The number of rotatable bonds is 6. The molecule has 0 fully saturated rings. The van der Waals surface area contributed by atoms with Crippen LogP contribution >= 0.6 is 28.3 Å². The van der Waals surface area contributed by atoms with E-state index < -0.39 is 0 Å². The largest absolute Gasteiger partial charge is 0.299 e. The molecule has 0 unspecified atom stereocenters. The van der Waals surface area contributed by atoms with Gasteiger partial charge in [-0.3, -0.25) is 9.58 Å². The Morgan fingerprint density at radius 1 is 1.09 bits per heavy atom. The van der Waals surface area contributed by atoms with E-state index in [1.165, 1.54) is 24.1 Å². The summed E-state index contributed by atoms with van der Waals surface area (Å²) < 4.78 is 3.04. The lowest BCUT2D eigenvalue weighted by molar-refractivity contribution is 0.291. The van der Waals surface area contributed by atoms with Crippen LogP contribution in [0, 0.1) is 0 Å². The lowest BCUT2D eigenvalue weighted by atomic mass is 9.99. The first-order chi connectivity index (χ1) is 10.8. The van der Waals surface area contributed by atoms with E-state index in [9.17, 15) is 0 Å². The molecule has 0 saturated carbocycles. The Bertz CT molecular complexity index is 610. The number of hydrogen-bond donors (Lipinski definition) is 0. The molecule has 0 saturated heterocycles. The van der Waals surface area contributed by atoms with Crippen molar-refractivity contribution >= 4 is 33.9 Å². The van der Waals surface area contributed by atoms with E-state index in [0.29, 0.717) is 0 Å². The van der Waals surface area contributed by atoms with Crippen molar-refractivity contribution in [2.75, 3.05) is 19.6 Å². The lowest BCUT2D eigenvalue weighted by Gasteiger charge is -2.26. The number of aryl methyl sites for hydroxylation is 1. The van der Waals surface area contributed by atoms with Crippen LogP contribution < -0.4 is 0 Å². The number of aromatic nitrogens is 3. The minimum Gasteiger partial charge on any atom is -0.299 e. The quantitative estimate of drug-likeness (QED) is 0.690. The second kappa shape index (κ2) is 9.21. The molecule has 0 N–H and O–H groups in total. The third-order valence-electron chi connectivity index (χ3n) is 4.09. The minimum absolute atomic E-state index is 0. The smallest absolute Gasteiger partial charge is 0.0692 e. The van der Waals surface area contributed by atoms with Crippen LogP contribution in [-0.2, 0) is 6.54 Å². The second-order valence-corrected chi connectivity index (χ2v) is 6.58. The highest BCUT2D eigenvalue weighted by Gasteiger charge is 2.12. The lowest BCUT2D eigenvalue weighted by Crippen LogP contribution is -2.29. The van der Waals surface area contributed by atoms with Crippen molar-refractivity contribution in [2.45, 2.75) is 25.8 Å². The first kappa shape index (κ1) is 18.2. The molecule has 1 aromatic carbocycles. The molecule has 1 aliphatic heterocycles. The van der Waals surface area contributed by atoms with Gasteiger partial charge >= 0.3 is 0 Å². The third-order valence-corrected chi connectivity index (χ3v) is 4.62. The van der Waals surface area contributed by atoms with Gasteiger partial charge in [-0.25, -0.2) is 0 Å². The summed E-state index contributed by atoms with van der Waals surface area (Å²) in [6.07, 6.45) is 9.55. The number of halogens is 2. The van der Waals surface area contributed by atoms with Crippen molar-refractivity contribution in [2.24, 2.45) is 0 Å². The number of nitrogens with zero attached hydrogens (tertiary/aromatic N) is 4.